The number of fused-ring (bicyclic) bond motifs is 1. The molecule has 0 unspecified atom stereocenters. The molecule has 1 heterocycles. The molecule has 21 heavy (non-hydrogen) atoms. The molecule has 0 saturated heterocycles. The summed E-state index contributed by atoms with van der Waals surface area (Å²) >= 11 is 3.41. The van der Waals surface area contributed by atoms with Crippen molar-refractivity contribution in [2.45, 2.75) is 6.54 Å². The Labute approximate surface area is 131 Å². The van der Waals surface area contributed by atoms with Gasteiger partial charge in [0.25, 0.3) is 5.91 Å². The third-order valence-corrected chi connectivity index (χ3v) is 4.03. The number of halogens is 1. The third kappa shape index (κ3) is 2.85. The van der Waals surface area contributed by atoms with Gasteiger partial charge in [0.1, 0.15) is 0 Å². The number of carbonyl (C=O) groups is 1. The van der Waals surface area contributed by atoms with Gasteiger partial charge in [-0.15, -0.1) is 0 Å². The highest BCUT2D eigenvalue weighted by Crippen LogP contribution is 2.20. The van der Waals surface area contributed by atoms with E-state index in [1.807, 2.05) is 55.6 Å². The van der Waals surface area contributed by atoms with Crippen molar-refractivity contribution in [2.75, 3.05) is 7.05 Å². The maximum absolute atomic E-state index is 12.6. The quantitative estimate of drug-likeness (QED) is 0.760. The first-order chi connectivity index (χ1) is 10.1. The predicted octanol–water partition coefficient (Wildman–Crippen LogP) is 4.20. The van der Waals surface area contributed by atoms with E-state index in [9.17, 15) is 4.79 Å². The molecule has 0 bridgehead atoms. The summed E-state index contributed by atoms with van der Waals surface area (Å²) in [5, 5.41) is 0.963. The van der Waals surface area contributed by atoms with Crippen molar-refractivity contribution in [2.24, 2.45) is 0 Å². The molecule has 0 aliphatic heterocycles. The van der Waals surface area contributed by atoms with Crippen molar-refractivity contribution in [1.29, 1.82) is 0 Å². The summed E-state index contributed by atoms with van der Waals surface area (Å²) in [6, 6.07) is 15.8. The molecular formula is C17H15BrN2O. The van der Waals surface area contributed by atoms with Gasteiger partial charge in [-0.2, -0.15) is 0 Å². The van der Waals surface area contributed by atoms with E-state index in [1.165, 1.54) is 0 Å². The third-order valence-electron chi connectivity index (χ3n) is 3.50. The first-order valence-electron chi connectivity index (χ1n) is 6.71. The van der Waals surface area contributed by atoms with E-state index in [0.717, 1.165) is 20.9 Å². The molecule has 0 radical (unpaired) electrons. The smallest absolute Gasteiger partial charge is 0.256 e. The van der Waals surface area contributed by atoms with Crippen molar-refractivity contribution in [3.05, 3.63) is 70.3 Å². The molecule has 0 spiro atoms. The van der Waals surface area contributed by atoms with Crippen LogP contribution in [0.1, 0.15) is 15.9 Å². The summed E-state index contributed by atoms with van der Waals surface area (Å²) in [6.45, 7) is 0.589. The Balaban J connectivity index is 1.82. The number of para-hydroxylation sites is 1. The van der Waals surface area contributed by atoms with Crippen molar-refractivity contribution in [3.8, 4) is 0 Å². The lowest BCUT2D eigenvalue weighted by molar-refractivity contribution is 0.0787. The highest BCUT2D eigenvalue weighted by Gasteiger charge is 2.16. The van der Waals surface area contributed by atoms with Crippen LogP contribution in [-0.4, -0.2) is 22.8 Å². The first-order valence-corrected chi connectivity index (χ1v) is 7.50. The molecule has 3 rings (SSSR count). The second-order valence-corrected chi connectivity index (χ2v) is 5.95. The fraction of sp³-hybridized carbons (Fsp3) is 0.118. The van der Waals surface area contributed by atoms with Crippen LogP contribution in [0.5, 0.6) is 0 Å². The summed E-state index contributed by atoms with van der Waals surface area (Å²) in [5.74, 6) is 0.0235. The Hall–Kier alpha value is -2.07. The molecule has 1 amide bonds. The van der Waals surface area contributed by atoms with E-state index in [1.54, 1.807) is 11.1 Å². The standard InChI is InChI=1S/C17H15BrN2O/c1-20(11-12-6-8-13(18)9-7-12)17(21)15-10-19-16-5-3-2-4-14(15)16/h2-10,19H,11H2,1H3. The average Bonchev–Trinajstić information content (AvgIpc) is 2.92. The van der Waals surface area contributed by atoms with Crippen LogP contribution in [0.15, 0.2) is 59.2 Å². The van der Waals surface area contributed by atoms with Crippen LogP contribution in [0.3, 0.4) is 0 Å². The van der Waals surface area contributed by atoms with Crippen LogP contribution >= 0.6 is 15.9 Å². The van der Waals surface area contributed by atoms with E-state index < -0.39 is 0 Å². The van der Waals surface area contributed by atoms with Crippen LogP contribution in [0.25, 0.3) is 10.9 Å². The normalized spacial score (nSPS) is 10.8. The van der Waals surface area contributed by atoms with E-state index >= 15 is 0 Å². The SMILES string of the molecule is CN(Cc1ccc(Br)cc1)C(=O)c1c[nH]c2ccccc12. The number of hydrogen-bond acceptors (Lipinski definition) is 1. The lowest BCUT2D eigenvalue weighted by atomic mass is 10.1. The Morgan fingerprint density at radius 1 is 1.14 bits per heavy atom. The number of H-pyrrole nitrogens is 1. The number of rotatable bonds is 3. The van der Waals surface area contributed by atoms with Crippen LogP contribution in [0.2, 0.25) is 0 Å². The van der Waals surface area contributed by atoms with Crippen molar-refractivity contribution >= 4 is 32.7 Å². The van der Waals surface area contributed by atoms with Crippen molar-refractivity contribution < 1.29 is 4.79 Å². The largest absolute Gasteiger partial charge is 0.360 e. The lowest BCUT2D eigenvalue weighted by Gasteiger charge is -2.17. The Kier molecular flexibility index (Phi) is 3.80. The summed E-state index contributed by atoms with van der Waals surface area (Å²) < 4.78 is 1.04. The molecule has 0 fully saturated rings. The monoisotopic (exact) mass is 342 g/mol. The molecule has 0 aliphatic rings. The minimum Gasteiger partial charge on any atom is -0.360 e. The highest BCUT2D eigenvalue weighted by molar-refractivity contribution is 9.10. The molecule has 1 N–H and O–H groups in total. The van der Waals surface area contributed by atoms with Crippen molar-refractivity contribution in [3.63, 3.8) is 0 Å². The minimum absolute atomic E-state index is 0.0235. The fourth-order valence-corrected chi connectivity index (χ4v) is 2.65. The van der Waals surface area contributed by atoms with Gasteiger partial charge < -0.3 is 9.88 Å². The van der Waals surface area contributed by atoms with Crippen molar-refractivity contribution in [1.82, 2.24) is 9.88 Å². The first kappa shape index (κ1) is 13.9. The molecule has 3 nitrogen and oxygen atoms in total. The summed E-state index contributed by atoms with van der Waals surface area (Å²) in [5.41, 5.74) is 2.80. The van der Waals surface area contributed by atoms with E-state index in [-0.39, 0.29) is 5.91 Å². The molecule has 3 aromatic rings. The fourth-order valence-electron chi connectivity index (χ4n) is 2.39. The molecule has 0 saturated carbocycles. The second-order valence-electron chi connectivity index (χ2n) is 5.04. The highest BCUT2D eigenvalue weighted by atomic mass is 79.9. The number of nitrogens with one attached hydrogen (secondary N) is 1. The molecule has 0 atom stereocenters. The summed E-state index contributed by atoms with van der Waals surface area (Å²) in [4.78, 5) is 17.5. The predicted molar refractivity (Wildman–Crippen MR) is 88.2 cm³/mol. The molecule has 0 aliphatic carbocycles. The van der Waals surface area contributed by atoms with Gasteiger partial charge in [-0.1, -0.05) is 46.3 Å². The Morgan fingerprint density at radius 3 is 2.62 bits per heavy atom. The maximum Gasteiger partial charge on any atom is 0.256 e. The lowest BCUT2D eigenvalue weighted by Crippen LogP contribution is -2.25. The number of hydrogen-bond donors (Lipinski definition) is 1. The molecule has 4 heteroatoms. The van der Waals surface area contributed by atoms with Gasteiger partial charge in [0.05, 0.1) is 5.56 Å². The molecular weight excluding hydrogens is 328 g/mol. The van der Waals surface area contributed by atoms with E-state index in [4.69, 9.17) is 0 Å². The van der Waals surface area contributed by atoms with Gasteiger partial charge >= 0.3 is 0 Å². The molecule has 106 valence electrons. The number of aromatic nitrogens is 1. The van der Waals surface area contributed by atoms with Gasteiger partial charge in [0.15, 0.2) is 0 Å². The molecule has 1 aromatic heterocycles. The Morgan fingerprint density at radius 2 is 1.86 bits per heavy atom. The number of benzene rings is 2. The number of aromatic amines is 1. The second kappa shape index (κ2) is 5.74. The zero-order chi connectivity index (χ0) is 14.8. The van der Waals surface area contributed by atoms with Gasteiger partial charge in [-0.05, 0) is 23.8 Å². The average molecular weight is 343 g/mol. The topological polar surface area (TPSA) is 36.1 Å². The van der Waals surface area contributed by atoms with Crippen LogP contribution < -0.4 is 0 Å². The summed E-state index contributed by atoms with van der Waals surface area (Å²) in [7, 11) is 1.83. The zero-order valence-corrected chi connectivity index (χ0v) is 13.2. The zero-order valence-electron chi connectivity index (χ0n) is 11.6. The van der Waals surface area contributed by atoms with E-state index in [0.29, 0.717) is 12.1 Å². The van der Waals surface area contributed by atoms with Gasteiger partial charge in [0.2, 0.25) is 0 Å². The van der Waals surface area contributed by atoms with Crippen LogP contribution in [0, 0.1) is 0 Å². The minimum atomic E-state index is 0.0235. The molecule has 2 aromatic carbocycles. The Bertz CT molecular complexity index is 777. The van der Waals surface area contributed by atoms with Gasteiger partial charge in [-0.3, -0.25) is 4.79 Å². The maximum atomic E-state index is 12.6. The van der Waals surface area contributed by atoms with Gasteiger partial charge in [-0.25, -0.2) is 0 Å². The number of amides is 1. The van der Waals surface area contributed by atoms with Crippen LogP contribution in [0.4, 0.5) is 0 Å². The number of nitrogens with zero attached hydrogens (tertiary/aromatic N) is 1. The number of carbonyl (C=O) groups excluding carboxylic acids is 1. The summed E-state index contributed by atoms with van der Waals surface area (Å²) in [6.07, 6.45) is 1.78. The van der Waals surface area contributed by atoms with Gasteiger partial charge in [0, 0.05) is 35.2 Å². The van der Waals surface area contributed by atoms with E-state index in [2.05, 4.69) is 20.9 Å². The van der Waals surface area contributed by atoms with Crippen LogP contribution in [-0.2, 0) is 6.54 Å².